The molecular formula is C12H23NO2S. The lowest BCUT2D eigenvalue weighted by molar-refractivity contribution is 0.379. The van der Waals surface area contributed by atoms with Crippen LogP contribution in [0.4, 0.5) is 0 Å². The summed E-state index contributed by atoms with van der Waals surface area (Å²) in [6, 6.07) is 0.552. The zero-order chi connectivity index (χ0) is 11.6. The van der Waals surface area contributed by atoms with Crippen LogP contribution in [0.3, 0.4) is 0 Å². The Hall–Kier alpha value is -0.0900. The van der Waals surface area contributed by atoms with E-state index in [2.05, 4.69) is 12.2 Å². The summed E-state index contributed by atoms with van der Waals surface area (Å²) >= 11 is 0. The first kappa shape index (κ1) is 12.4. The van der Waals surface area contributed by atoms with Crippen LogP contribution in [0.5, 0.6) is 0 Å². The van der Waals surface area contributed by atoms with Gasteiger partial charge in [0.15, 0.2) is 9.84 Å². The predicted octanol–water partition coefficient (Wildman–Crippen LogP) is 1.59. The minimum atomic E-state index is -2.70. The molecule has 1 aliphatic carbocycles. The zero-order valence-corrected chi connectivity index (χ0v) is 10.9. The number of hydrogen-bond donors (Lipinski definition) is 1. The maximum absolute atomic E-state index is 11.4. The highest BCUT2D eigenvalue weighted by atomic mass is 32.2. The van der Waals surface area contributed by atoms with Crippen LogP contribution in [-0.2, 0) is 9.84 Å². The highest BCUT2D eigenvalue weighted by molar-refractivity contribution is 7.91. The Labute approximate surface area is 98.9 Å². The molecule has 0 aromatic carbocycles. The molecule has 0 aromatic heterocycles. The summed E-state index contributed by atoms with van der Waals surface area (Å²) in [5.41, 5.74) is 0. The molecule has 0 amide bonds. The summed E-state index contributed by atoms with van der Waals surface area (Å²) in [5.74, 6) is 2.18. The lowest BCUT2D eigenvalue weighted by Crippen LogP contribution is -2.31. The van der Waals surface area contributed by atoms with E-state index in [4.69, 9.17) is 0 Å². The summed E-state index contributed by atoms with van der Waals surface area (Å²) in [6.07, 6.45) is 5.96. The van der Waals surface area contributed by atoms with Gasteiger partial charge in [-0.25, -0.2) is 8.42 Å². The van der Waals surface area contributed by atoms with Crippen LogP contribution < -0.4 is 5.32 Å². The second-order valence-electron chi connectivity index (χ2n) is 5.44. The molecule has 1 heterocycles. The van der Waals surface area contributed by atoms with Crippen LogP contribution in [0.15, 0.2) is 0 Å². The van der Waals surface area contributed by atoms with Gasteiger partial charge in [-0.1, -0.05) is 19.8 Å². The van der Waals surface area contributed by atoms with E-state index in [0.29, 0.717) is 23.5 Å². The second kappa shape index (κ2) is 5.05. The molecular weight excluding hydrogens is 222 g/mol. The topological polar surface area (TPSA) is 46.2 Å². The molecule has 0 radical (unpaired) electrons. The molecule has 1 N–H and O–H groups in total. The Morgan fingerprint density at radius 1 is 1.19 bits per heavy atom. The Morgan fingerprint density at radius 3 is 2.38 bits per heavy atom. The van der Waals surface area contributed by atoms with E-state index in [9.17, 15) is 8.42 Å². The standard InChI is InChI=1S/C12H23NO2S/c1-2-13-12(7-10-3-4-10)8-11-5-6-16(14,15)9-11/h10-13H,2-9H2,1H3. The van der Waals surface area contributed by atoms with Crippen molar-refractivity contribution in [3.05, 3.63) is 0 Å². The van der Waals surface area contributed by atoms with Gasteiger partial charge >= 0.3 is 0 Å². The van der Waals surface area contributed by atoms with Crippen LogP contribution in [-0.4, -0.2) is 32.5 Å². The molecule has 2 atom stereocenters. The monoisotopic (exact) mass is 245 g/mol. The minimum Gasteiger partial charge on any atom is -0.314 e. The largest absolute Gasteiger partial charge is 0.314 e. The summed E-state index contributed by atoms with van der Waals surface area (Å²) in [4.78, 5) is 0. The van der Waals surface area contributed by atoms with E-state index in [1.54, 1.807) is 0 Å². The van der Waals surface area contributed by atoms with Crippen molar-refractivity contribution in [1.29, 1.82) is 0 Å². The average molecular weight is 245 g/mol. The van der Waals surface area contributed by atoms with Crippen molar-refractivity contribution in [2.45, 2.75) is 45.1 Å². The Balaban J connectivity index is 1.80. The van der Waals surface area contributed by atoms with Crippen LogP contribution >= 0.6 is 0 Å². The van der Waals surface area contributed by atoms with Gasteiger partial charge in [0.1, 0.15) is 0 Å². The number of hydrogen-bond acceptors (Lipinski definition) is 3. The lowest BCUT2D eigenvalue weighted by Gasteiger charge is -2.20. The highest BCUT2D eigenvalue weighted by Crippen LogP contribution is 2.35. The zero-order valence-electron chi connectivity index (χ0n) is 10.1. The van der Waals surface area contributed by atoms with Crippen LogP contribution in [0.1, 0.15) is 39.0 Å². The molecule has 2 unspecified atom stereocenters. The molecule has 2 rings (SSSR count). The number of nitrogens with one attached hydrogen (secondary N) is 1. The third-order valence-corrected chi connectivity index (χ3v) is 5.59. The highest BCUT2D eigenvalue weighted by Gasteiger charge is 2.31. The quantitative estimate of drug-likeness (QED) is 0.773. The van der Waals surface area contributed by atoms with Crippen LogP contribution in [0.2, 0.25) is 0 Å². The van der Waals surface area contributed by atoms with Crippen LogP contribution in [0.25, 0.3) is 0 Å². The van der Waals surface area contributed by atoms with Gasteiger partial charge in [0.25, 0.3) is 0 Å². The Kier molecular flexibility index (Phi) is 3.90. The fourth-order valence-electron chi connectivity index (χ4n) is 2.77. The molecule has 1 saturated carbocycles. The summed E-state index contributed by atoms with van der Waals surface area (Å²) in [5, 5.41) is 3.51. The van der Waals surface area contributed by atoms with E-state index in [1.165, 1.54) is 19.3 Å². The number of rotatable bonds is 6. The van der Waals surface area contributed by atoms with Gasteiger partial charge in [-0.15, -0.1) is 0 Å². The van der Waals surface area contributed by atoms with Crippen molar-refractivity contribution in [3.8, 4) is 0 Å². The summed E-state index contributed by atoms with van der Waals surface area (Å²) in [7, 11) is -2.70. The SMILES string of the molecule is CCNC(CC1CC1)CC1CCS(=O)(=O)C1. The van der Waals surface area contributed by atoms with Gasteiger partial charge in [0, 0.05) is 6.04 Å². The smallest absolute Gasteiger partial charge is 0.150 e. The fraction of sp³-hybridized carbons (Fsp3) is 1.00. The first-order chi connectivity index (χ1) is 7.59. The van der Waals surface area contributed by atoms with E-state index in [1.807, 2.05) is 0 Å². The molecule has 0 bridgehead atoms. The van der Waals surface area contributed by atoms with E-state index in [-0.39, 0.29) is 0 Å². The molecule has 1 aliphatic heterocycles. The third-order valence-electron chi connectivity index (χ3n) is 3.75. The first-order valence-electron chi connectivity index (χ1n) is 6.53. The van der Waals surface area contributed by atoms with Crippen molar-refractivity contribution in [3.63, 3.8) is 0 Å². The number of sulfone groups is 1. The van der Waals surface area contributed by atoms with E-state index in [0.717, 1.165) is 25.3 Å². The molecule has 0 spiro atoms. The average Bonchev–Trinajstić information content (AvgIpc) is 2.92. The van der Waals surface area contributed by atoms with Gasteiger partial charge in [0.2, 0.25) is 0 Å². The van der Waals surface area contributed by atoms with E-state index < -0.39 is 9.84 Å². The molecule has 3 nitrogen and oxygen atoms in total. The third kappa shape index (κ3) is 3.74. The molecule has 2 fully saturated rings. The summed E-state index contributed by atoms with van der Waals surface area (Å²) < 4.78 is 22.8. The molecule has 1 saturated heterocycles. The predicted molar refractivity (Wildman–Crippen MR) is 66.2 cm³/mol. The van der Waals surface area contributed by atoms with Crippen molar-refractivity contribution in [2.75, 3.05) is 18.1 Å². The van der Waals surface area contributed by atoms with Gasteiger partial charge in [-0.3, -0.25) is 0 Å². The van der Waals surface area contributed by atoms with Crippen molar-refractivity contribution >= 4 is 9.84 Å². The van der Waals surface area contributed by atoms with Gasteiger partial charge in [-0.2, -0.15) is 0 Å². The maximum atomic E-state index is 11.4. The maximum Gasteiger partial charge on any atom is 0.150 e. The van der Waals surface area contributed by atoms with Gasteiger partial charge in [0.05, 0.1) is 11.5 Å². The summed E-state index contributed by atoms with van der Waals surface area (Å²) in [6.45, 7) is 3.13. The Bertz CT molecular complexity index is 322. The second-order valence-corrected chi connectivity index (χ2v) is 7.67. The minimum absolute atomic E-state index is 0.410. The fourth-order valence-corrected chi connectivity index (χ4v) is 4.65. The molecule has 2 aliphatic rings. The van der Waals surface area contributed by atoms with Crippen molar-refractivity contribution in [2.24, 2.45) is 11.8 Å². The van der Waals surface area contributed by atoms with Gasteiger partial charge in [-0.05, 0) is 37.6 Å². The molecule has 94 valence electrons. The van der Waals surface area contributed by atoms with Crippen LogP contribution in [0, 0.1) is 11.8 Å². The lowest BCUT2D eigenvalue weighted by atomic mass is 9.96. The van der Waals surface area contributed by atoms with Gasteiger partial charge < -0.3 is 5.32 Å². The first-order valence-corrected chi connectivity index (χ1v) is 8.35. The molecule has 0 aromatic rings. The van der Waals surface area contributed by atoms with Crippen molar-refractivity contribution in [1.82, 2.24) is 5.32 Å². The molecule has 16 heavy (non-hydrogen) atoms. The Morgan fingerprint density at radius 2 is 1.88 bits per heavy atom. The normalized spacial score (nSPS) is 30.4. The molecule has 4 heteroatoms. The van der Waals surface area contributed by atoms with Crippen molar-refractivity contribution < 1.29 is 8.42 Å². The van der Waals surface area contributed by atoms with E-state index >= 15 is 0 Å².